The summed E-state index contributed by atoms with van der Waals surface area (Å²) in [6, 6.07) is 2.90. The van der Waals surface area contributed by atoms with Crippen LogP contribution in [0.5, 0.6) is 0 Å². The molecule has 0 amide bonds. The van der Waals surface area contributed by atoms with Crippen molar-refractivity contribution in [2.45, 2.75) is 4.90 Å². The molecule has 0 aromatic heterocycles. The molecule has 0 heterocycles. The second kappa shape index (κ2) is 4.40. The number of carbonyl (C=O) groups excluding carboxylic acids is 1. The summed E-state index contributed by atoms with van der Waals surface area (Å²) < 4.78 is 25.1. The van der Waals surface area contributed by atoms with E-state index in [0.717, 1.165) is 24.3 Å². The van der Waals surface area contributed by atoms with Crippen molar-refractivity contribution in [3.8, 4) is 0 Å². The SMILES string of the molecule is O=C=NS(=O)(=O)c1ccc(Cl)cc1[N+](=O)[O-]. The van der Waals surface area contributed by atoms with Crippen LogP contribution in [0.2, 0.25) is 5.02 Å². The molecular formula is C7H3ClN2O5S. The predicted octanol–water partition coefficient (Wildman–Crippen LogP) is 1.27. The Hall–Kier alpha value is -1.76. The lowest BCUT2D eigenvalue weighted by Crippen LogP contribution is -2.01. The summed E-state index contributed by atoms with van der Waals surface area (Å²) in [6.07, 6.45) is 0.819. The third-order valence-electron chi connectivity index (χ3n) is 1.55. The number of halogens is 1. The first kappa shape index (κ1) is 12.3. The summed E-state index contributed by atoms with van der Waals surface area (Å²) >= 11 is 5.48. The van der Waals surface area contributed by atoms with Gasteiger partial charge in [0.05, 0.1) is 4.92 Å². The van der Waals surface area contributed by atoms with Crippen LogP contribution in [0.25, 0.3) is 0 Å². The zero-order valence-electron chi connectivity index (χ0n) is 7.45. The lowest BCUT2D eigenvalue weighted by atomic mass is 10.3. The molecule has 1 rings (SSSR count). The lowest BCUT2D eigenvalue weighted by molar-refractivity contribution is -0.387. The highest BCUT2D eigenvalue weighted by molar-refractivity contribution is 7.90. The minimum absolute atomic E-state index is 0.000678. The van der Waals surface area contributed by atoms with E-state index in [4.69, 9.17) is 11.6 Å². The molecule has 84 valence electrons. The van der Waals surface area contributed by atoms with Gasteiger partial charge in [-0.3, -0.25) is 10.1 Å². The molecule has 0 spiro atoms. The summed E-state index contributed by atoms with van der Waals surface area (Å²) in [5.41, 5.74) is -0.744. The van der Waals surface area contributed by atoms with Gasteiger partial charge in [-0.2, -0.15) is 8.42 Å². The minimum atomic E-state index is -4.40. The highest BCUT2D eigenvalue weighted by Crippen LogP contribution is 2.28. The van der Waals surface area contributed by atoms with Gasteiger partial charge in [0, 0.05) is 11.1 Å². The average Bonchev–Trinajstić information content (AvgIpc) is 2.16. The van der Waals surface area contributed by atoms with Gasteiger partial charge in [0.2, 0.25) is 0 Å². The molecule has 0 atom stereocenters. The van der Waals surface area contributed by atoms with Gasteiger partial charge < -0.3 is 0 Å². The van der Waals surface area contributed by atoms with Crippen LogP contribution in [0.1, 0.15) is 0 Å². The van der Waals surface area contributed by atoms with Crippen molar-refractivity contribution in [3.63, 3.8) is 0 Å². The second-order valence-corrected chi connectivity index (χ2v) is 4.54. The van der Waals surface area contributed by atoms with Crippen LogP contribution in [-0.2, 0) is 14.8 Å². The van der Waals surface area contributed by atoms with Gasteiger partial charge in [0.1, 0.15) is 0 Å². The first-order valence-corrected chi connectivity index (χ1v) is 5.48. The molecule has 1 aromatic carbocycles. The van der Waals surface area contributed by atoms with Crippen molar-refractivity contribution in [2.24, 2.45) is 4.40 Å². The van der Waals surface area contributed by atoms with Gasteiger partial charge in [-0.25, -0.2) is 4.79 Å². The maximum absolute atomic E-state index is 11.3. The minimum Gasteiger partial charge on any atom is -0.258 e. The van der Waals surface area contributed by atoms with E-state index >= 15 is 0 Å². The third-order valence-corrected chi connectivity index (χ3v) is 3.00. The van der Waals surface area contributed by atoms with Crippen LogP contribution in [0.15, 0.2) is 27.5 Å². The summed E-state index contributed by atoms with van der Waals surface area (Å²) in [7, 11) is -4.40. The first-order chi connectivity index (χ1) is 7.38. The Labute approximate surface area is 94.6 Å². The Balaban J connectivity index is 3.58. The van der Waals surface area contributed by atoms with Crippen LogP contribution in [0, 0.1) is 10.1 Å². The monoisotopic (exact) mass is 262 g/mol. The Morgan fingerprint density at radius 2 is 2.06 bits per heavy atom. The van der Waals surface area contributed by atoms with Crippen molar-refractivity contribution in [2.75, 3.05) is 0 Å². The lowest BCUT2D eigenvalue weighted by Gasteiger charge is -1.99. The fraction of sp³-hybridized carbons (Fsp3) is 0. The summed E-state index contributed by atoms with van der Waals surface area (Å²) in [5, 5.41) is 10.6. The molecule has 0 N–H and O–H groups in total. The molecule has 0 fully saturated rings. The molecule has 7 nitrogen and oxygen atoms in total. The maximum Gasteiger partial charge on any atom is 0.299 e. The standard InChI is InChI=1S/C7H3ClN2O5S/c8-5-1-2-7(6(3-5)10(12)13)16(14,15)9-4-11/h1-3H. The molecule has 16 heavy (non-hydrogen) atoms. The van der Waals surface area contributed by atoms with Gasteiger partial charge in [-0.15, -0.1) is 0 Å². The molecule has 0 bridgehead atoms. The molecule has 0 radical (unpaired) electrons. The predicted molar refractivity (Wildman–Crippen MR) is 53.4 cm³/mol. The molecule has 0 saturated heterocycles. The fourth-order valence-corrected chi connectivity index (χ4v) is 1.95. The van der Waals surface area contributed by atoms with E-state index < -0.39 is 25.5 Å². The summed E-state index contributed by atoms with van der Waals surface area (Å²) in [5.74, 6) is 0. The molecule has 0 aliphatic rings. The van der Waals surface area contributed by atoms with Gasteiger partial charge in [-0.1, -0.05) is 16.0 Å². The van der Waals surface area contributed by atoms with E-state index in [9.17, 15) is 23.3 Å². The van der Waals surface area contributed by atoms with Crippen molar-refractivity contribution in [1.29, 1.82) is 0 Å². The molecular weight excluding hydrogens is 260 g/mol. The van der Waals surface area contributed by atoms with E-state index in [-0.39, 0.29) is 5.02 Å². The van der Waals surface area contributed by atoms with Crippen molar-refractivity contribution in [3.05, 3.63) is 33.3 Å². The molecule has 0 aliphatic heterocycles. The molecule has 1 aromatic rings. The summed E-state index contributed by atoms with van der Waals surface area (Å²) in [4.78, 5) is 18.8. The van der Waals surface area contributed by atoms with E-state index in [1.807, 2.05) is 0 Å². The number of nitro benzene ring substituents is 1. The number of hydrogen-bond acceptors (Lipinski definition) is 5. The quantitative estimate of drug-likeness (QED) is 0.353. The van der Waals surface area contributed by atoms with Crippen LogP contribution in [0.4, 0.5) is 5.69 Å². The van der Waals surface area contributed by atoms with Crippen LogP contribution < -0.4 is 0 Å². The topological polar surface area (TPSA) is 107 Å². The van der Waals surface area contributed by atoms with Gasteiger partial charge in [0.25, 0.3) is 21.8 Å². The molecule has 0 unspecified atom stereocenters. The number of rotatable bonds is 3. The second-order valence-electron chi connectivity index (χ2n) is 2.53. The average molecular weight is 263 g/mol. The van der Waals surface area contributed by atoms with Gasteiger partial charge in [-0.05, 0) is 12.1 Å². The van der Waals surface area contributed by atoms with E-state index in [2.05, 4.69) is 4.40 Å². The number of sulfonamides is 1. The highest BCUT2D eigenvalue weighted by atomic mass is 35.5. The first-order valence-electron chi connectivity index (χ1n) is 3.66. The van der Waals surface area contributed by atoms with Crippen LogP contribution in [0.3, 0.4) is 0 Å². The van der Waals surface area contributed by atoms with Gasteiger partial charge >= 0.3 is 0 Å². The number of benzene rings is 1. The fourth-order valence-electron chi connectivity index (χ4n) is 0.950. The molecule has 0 aliphatic carbocycles. The summed E-state index contributed by atoms with van der Waals surface area (Å²) in [6.45, 7) is 0. The number of nitrogens with zero attached hydrogens (tertiary/aromatic N) is 2. The van der Waals surface area contributed by atoms with Crippen molar-refractivity contribution < 1.29 is 18.1 Å². The largest absolute Gasteiger partial charge is 0.299 e. The zero-order chi connectivity index (χ0) is 12.3. The number of isocyanates is 1. The Morgan fingerprint density at radius 1 is 1.44 bits per heavy atom. The van der Waals surface area contributed by atoms with Gasteiger partial charge in [0.15, 0.2) is 4.90 Å². The Bertz CT molecular complexity index is 591. The van der Waals surface area contributed by atoms with Crippen molar-refractivity contribution >= 4 is 33.4 Å². The zero-order valence-corrected chi connectivity index (χ0v) is 9.03. The Kier molecular flexibility index (Phi) is 3.38. The number of nitro groups is 1. The van der Waals surface area contributed by atoms with Crippen LogP contribution in [-0.4, -0.2) is 19.4 Å². The maximum atomic E-state index is 11.3. The van der Waals surface area contributed by atoms with E-state index in [1.54, 1.807) is 0 Å². The van der Waals surface area contributed by atoms with E-state index in [1.165, 1.54) is 0 Å². The smallest absolute Gasteiger partial charge is 0.258 e. The van der Waals surface area contributed by atoms with E-state index in [0.29, 0.717) is 0 Å². The normalized spacial score (nSPS) is 10.6. The molecule has 0 saturated carbocycles. The van der Waals surface area contributed by atoms with Crippen molar-refractivity contribution in [1.82, 2.24) is 0 Å². The highest BCUT2D eigenvalue weighted by Gasteiger charge is 2.25. The van der Waals surface area contributed by atoms with Crippen LogP contribution >= 0.6 is 11.6 Å². The third kappa shape index (κ3) is 2.43. The number of hydrogen-bond donors (Lipinski definition) is 0. The Morgan fingerprint density at radius 3 is 2.56 bits per heavy atom. The molecule has 9 heteroatoms.